The molecule has 4 rings (SSSR count). The molecule has 0 fully saturated rings. The van der Waals surface area contributed by atoms with Gasteiger partial charge in [-0.2, -0.15) is 5.10 Å². The number of amides is 1. The fourth-order valence-electron chi connectivity index (χ4n) is 3.43. The first kappa shape index (κ1) is 18.0. The molecule has 2 aromatic heterocycles. The van der Waals surface area contributed by atoms with Crippen molar-refractivity contribution in [3.63, 3.8) is 0 Å². The summed E-state index contributed by atoms with van der Waals surface area (Å²) in [5, 5.41) is 7.17. The van der Waals surface area contributed by atoms with Crippen LogP contribution in [-0.4, -0.2) is 40.5 Å². The number of rotatable bonds is 5. The van der Waals surface area contributed by atoms with Crippen LogP contribution >= 0.6 is 0 Å². The predicted molar refractivity (Wildman–Crippen MR) is 101 cm³/mol. The van der Waals surface area contributed by atoms with E-state index in [2.05, 4.69) is 15.4 Å². The molecule has 0 bridgehead atoms. The summed E-state index contributed by atoms with van der Waals surface area (Å²) in [6, 6.07) is 5.47. The number of aromatic nitrogens is 3. The highest BCUT2D eigenvalue weighted by Gasteiger charge is 2.23. The summed E-state index contributed by atoms with van der Waals surface area (Å²) in [7, 11) is 3.14. The van der Waals surface area contributed by atoms with Crippen LogP contribution in [0.15, 0.2) is 30.6 Å². The Bertz CT molecular complexity index is 1070. The molecule has 1 aliphatic carbocycles. The highest BCUT2D eigenvalue weighted by Crippen LogP contribution is 2.27. The molecule has 28 heavy (non-hydrogen) atoms. The zero-order valence-corrected chi connectivity index (χ0v) is 15.7. The lowest BCUT2D eigenvalue weighted by molar-refractivity contribution is 0.0950. The van der Waals surface area contributed by atoms with Gasteiger partial charge in [-0.05, 0) is 30.5 Å². The molecule has 2 heterocycles. The number of ketones is 1. The minimum absolute atomic E-state index is 0.0746. The van der Waals surface area contributed by atoms with E-state index in [9.17, 15) is 9.59 Å². The van der Waals surface area contributed by atoms with Crippen molar-refractivity contribution in [1.29, 1.82) is 0 Å². The van der Waals surface area contributed by atoms with E-state index in [1.54, 1.807) is 31.0 Å². The van der Waals surface area contributed by atoms with Gasteiger partial charge in [0.25, 0.3) is 5.91 Å². The molecule has 3 aromatic rings. The Hall–Kier alpha value is -3.42. The first-order chi connectivity index (χ1) is 13.6. The molecule has 0 atom stereocenters. The van der Waals surface area contributed by atoms with Crippen molar-refractivity contribution in [3.8, 4) is 11.5 Å². The lowest BCUT2D eigenvalue weighted by Crippen LogP contribution is -2.23. The largest absolute Gasteiger partial charge is 0.493 e. The van der Waals surface area contributed by atoms with E-state index in [0.717, 1.165) is 24.1 Å². The van der Waals surface area contributed by atoms with E-state index in [4.69, 9.17) is 9.47 Å². The van der Waals surface area contributed by atoms with Gasteiger partial charge in [-0.15, -0.1) is 0 Å². The Labute approximate surface area is 161 Å². The number of hydrogen-bond acceptors (Lipinski definition) is 6. The standard InChI is InChI=1S/C20H20N4O4/c1-27-17-7-6-12(8-18(17)28-2)9-22-20(26)14-11-23-24-15-4-3-5-16(25)13(15)10-21-19(14)24/h6-8,10-11H,3-5,9H2,1-2H3,(H,22,26). The van der Waals surface area contributed by atoms with Gasteiger partial charge in [0.05, 0.1) is 31.7 Å². The molecule has 0 radical (unpaired) electrons. The molecule has 0 spiro atoms. The van der Waals surface area contributed by atoms with Crippen LogP contribution in [0.3, 0.4) is 0 Å². The first-order valence-corrected chi connectivity index (χ1v) is 9.00. The van der Waals surface area contributed by atoms with Crippen LogP contribution in [0.2, 0.25) is 0 Å². The summed E-state index contributed by atoms with van der Waals surface area (Å²) in [6.07, 6.45) is 5.10. The smallest absolute Gasteiger partial charge is 0.257 e. The number of nitrogens with zero attached hydrogens (tertiary/aromatic N) is 3. The number of methoxy groups -OCH3 is 2. The van der Waals surface area contributed by atoms with Crippen LogP contribution < -0.4 is 14.8 Å². The molecule has 8 heteroatoms. The highest BCUT2D eigenvalue weighted by atomic mass is 16.5. The van der Waals surface area contributed by atoms with Gasteiger partial charge in [0.15, 0.2) is 22.9 Å². The normalized spacial score (nSPS) is 13.3. The first-order valence-electron chi connectivity index (χ1n) is 9.00. The topological polar surface area (TPSA) is 94.8 Å². The zero-order valence-electron chi connectivity index (χ0n) is 15.7. The number of fused-ring (bicyclic) bond motifs is 3. The molecule has 1 aromatic carbocycles. The molecule has 1 amide bonds. The molecule has 8 nitrogen and oxygen atoms in total. The Balaban J connectivity index is 1.56. The van der Waals surface area contributed by atoms with Gasteiger partial charge in [0, 0.05) is 19.2 Å². The maximum absolute atomic E-state index is 12.7. The summed E-state index contributed by atoms with van der Waals surface area (Å²) in [4.78, 5) is 29.0. The van der Waals surface area contributed by atoms with E-state index < -0.39 is 0 Å². The molecule has 1 aliphatic rings. The van der Waals surface area contributed by atoms with Crippen LogP contribution in [0.5, 0.6) is 11.5 Å². The molecule has 0 saturated carbocycles. The molecule has 0 unspecified atom stereocenters. The van der Waals surface area contributed by atoms with E-state index in [1.807, 2.05) is 12.1 Å². The van der Waals surface area contributed by atoms with Crippen LogP contribution in [0, 0.1) is 0 Å². The average Bonchev–Trinajstić information content (AvgIpc) is 3.16. The van der Waals surface area contributed by atoms with E-state index in [0.29, 0.717) is 41.2 Å². The number of nitrogens with one attached hydrogen (secondary N) is 1. The fraction of sp³-hybridized carbons (Fsp3) is 0.300. The van der Waals surface area contributed by atoms with Crippen molar-refractivity contribution in [1.82, 2.24) is 19.9 Å². The third kappa shape index (κ3) is 3.06. The molecule has 0 aliphatic heterocycles. The SMILES string of the molecule is COc1ccc(CNC(=O)c2cnn3c4c(cnc23)C(=O)CCC4)cc1OC. The molecule has 0 saturated heterocycles. The number of Topliss-reactive ketones (excluding diaryl/α,β-unsaturated/α-hetero) is 1. The zero-order chi connectivity index (χ0) is 19.7. The van der Waals surface area contributed by atoms with E-state index in [1.165, 1.54) is 6.20 Å². The number of carbonyl (C=O) groups excluding carboxylic acids is 2. The van der Waals surface area contributed by atoms with Crippen molar-refractivity contribution in [2.24, 2.45) is 0 Å². The number of benzene rings is 1. The van der Waals surface area contributed by atoms with Crippen molar-refractivity contribution >= 4 is 17.3 Å². The number of aryl methyl sites for hydroxylation is 1. The van der Waals surface area contributed by atoms with Crippen molar-refractivity contribution < 1.29 is 19.1 Å². The van der Waals surface area contributed by atoms with Crippen LogP contribution in [-0.2, 0) is 13.0 Å². The lowest BCUT2D eigenvalue weighted by atomic mass is 9.96. The Kier molecular flexibility index (Phi) is 4.68. The second-order valence-electron chi connectivity index (χ2n) is 6.56. The minimum atomic E-state index is -0.278. The van der Waals surface area contributed by atoms with E-state index in [-0.39, 0.29) is 11.7 Å². The molecule has 1 N–H and O–H groups in total. The molecular weight excluding hydrogens is 360 g/mol. The summed E-state index contributed by atoms with van der Waals surface area (Å²) >= 11 is 0. The number of hydrogen-bond donors (Lipinski definition) is 1. The van der Waals surface area contributed by atoms with Gasteiger partial charge in [-0.25, -0.2) is 9.50 Å². The van der Waals surface area contributed by atoms with Gasteiger partial charge < -0.3 is 14.8 Å². The van der Waals surface area contributed by atoms with Crippen molar-refractivity contribution in [2.45, 2.75) is 25.8 Å². The lowest BCUT2D eigenvalue weighted by Gasteiger charge is -2.15. The van der Waals surface area contributed by atoms with Crippen molar-refractivity contribution in [3.05, 3.63) is 53.0 Å². The highest BCUT2D eigenvalue weighted by molar-refractivity contribution is 6.01. The monoisotopic (exact) mass is 380 g/mol. The number of carbonyl (C=O) groups is 2. The Morgan fingerprint density at radius 3 is 2.79 bits per heavy atom. The third-order valence-electron chi connectivity index (χ3n) is 4.89. The second kappa shape index (κ2) is 7.30. The second-order valence-corrected chi connectivity index (χ2v) is 6.56. The van der Waals surface area contributed by atoms with Gasteiger partial charge >= 0.3 is 0 Å². The van der Waals surface area contributed by atoms with E-state index >= 15 is 0 Å². The summed E-state index contributed by atoms with van der Waals surface area (Å²) in [6.45, 7) is 0.319. The maximum atomic E-state index is 12.7. The predicted octanol–water partition coefficient (Wildman–Crippen LogP) is 2.20. The molecule has 144 valence electrons. The Morgan fingerprint density at radius 2 is 2.00 bits per heavy atom. The third-order valence-corrected chi connectivity index (χ3v) is 4.89. The van der Waals surface area contributed by atoms with Gasteiger partial charge in [-0.3, -0.25) is 9.59 Å². The summed E-state index contributed by atoms with van der Waals surface area (Å²) < 4.78 is 12.1. The Morgan fingerprint density at radius 1 is 1.18 bits per heavy atom. The minimum Gasteiger partial charge on any atom is -0.493 e. The maximum Gasteiger partial charge on any atom is 0.257 e. The van der Waals surface area contributed by atoms with Gasteiger partial charge in [0.1, 0.15) is 5.56 Å². The van der Waals surface area contributed by atoms with Gasteiger partial charge in [0.2, 0.25) is 0 Å². The quantitative estimate of drug-likeness (QED) is 0.729. The molecular formula is C20H20N4O4. The summed E-state index contributed by atoms with van der Waals surface area (Å²) in [5.74, 6) is 1.02. The van der Waals surface area contributed by atoms with Crippen LogP contribution in [0.25, 0.3) is 5.65 Å². The summed E-state index contributed by atoms with van der Waals surface area (Å²) in [5.41, 5.74) is 3.12. The fourth-order valence-corrected chi connectivity index (χ4v) is 3.43. The van der Waals surface area contributed by atoms with Crippen LogP contribution in [0.1, 0.15) is 44.8 Å². The van der Waals surface area contributed by atoms with Gasteiger partial charge in [-0.1, -0.05) is 6.07 Å². The van der Waals surface area contributed by atoms with Crippen LogP contribution in [0.4, 0.5) is 0 Å². The van der Waals surface area contributed by atoms with Crippen molar-refractivity contribution in [2.75, 3.05) is 14.2 Å². The average molecular weight is 380 g/mol. The number of ether oxygens (including phenoxy) is 2.